The van der Waals surface area contributed by atoms with Crippen LogP contribution in [0, 0.1) is 12.7 Å². The fraction of sp³-hybridized carbons (Fsp3) is 0.333. The molecule has 0 aliphatic carbocycles. The third-order valence-corrected chi connectivity index (χ3v) is 2.71. The highest BCUT2D eigenvalue weighted by atomic mass is 79.9. The summed E-state index contributed by atoms with van der Waals surface area (Å²) in [5.41, 5.74) is 1.71. The van der Waals surface area contributed by atoms with Gasteiger partial charge in [0.15, 0.2) is 0 Å². The van der Waals surface area contributed by atoms with E-state index in [4.69, 9.17) is 0 Å². The van der Waals surface area contributed by atoms with Crippen molar-refractivity contribution in [3.8, 4) is 0 Å². The minimum Gasteiger partial charge on any atom is -0.304 e. The number of alkyl halides is 1. The largest absolute Gasteiger partial charge is 0.304 e. The molecule has 1 aromatic rings. The van der Waals surface area contributed by atoms with Crippen LogP contribution in [-0.2, 0) is 0 Å². The molecule has 0 spiro atoms. The van der Waals surface area contributed by atoms with Crippen molar-refractivity contribution in [2.24, 2.45) is 0 Å². The number of rotatable bonds is 2. The molecule has 66 valence electrons. The Bertz CT molecular complexity index is 275. The molecule has 1 rings (SSSR count). The van der Waals surface area contributed by atoms with Crippen LogP contribution in [0.25, 0.3) is 0 Å². The summed E-state index contributed by atoms with van der Waals surface area (Å²) >= 11 is 3.41. The van der Waals surface area contributed by atoms with E-state index in [0.29, 0.717) is 5.56 Å². The lowest BCUT2D eigenvalue weighted by atomic mass is 10.1. The first-order valence-electron chi connectivity index (χ1n) is 3.72. The van der Waals surface area contributed by atoms with E-state index >= 15 is 0 Å². The molecular weight excluding hydrogens is 221 g/mol. The van der Waals surface area contributed by atoms with Crippen molar-refractivity contribution in [2.75, 3.05) is 7.05 Å². The summed E-state index contributed by atoms with van der Waals surface area (Å²) in [6.45, 7) is 1.76. The van der Waals surface area contributed by atoms with E-state index in [9.17, 15) is 4.39 Å². The van der Waals surface area contributed by atoms with Crippen molar-refractivity contribution < 1.29 is 4.39 Å². The fourth-order valence-electron chi connectivity index (χ4n) is 0.992. The number of benzene rings is 1. The molecule has 1 aromatic carbocycles. The molecular formula is C9H11BrFN. The molecule has 0 aliphatic rings. The number of nitrogens with one attached hydrogen (secondary N) is 1. The molecule has 0 bridgehead atoms. The summed E-state index contributed by atoms with van der Waals surface area (Å²) in [5.74, 6) is -0.158. The van der Waals surface area contributed by atoms with Crippen LogP contribution in [0.4, 0.5) is 4.39 Å². The Morgan fingerprint density at radius 1 is 1.50 bits per heavy atom. The van der Waals surface area contributed by atoms with Crippen molar-refractivity contribution >= 4 is 15.9 Å². The van der Waals surface area contributed by atoms with Crippen molar-refractivity contribution in [2.45, 2.75) is 11.9 Å². The minimum absolute atomic E-state index is 0.0943. The van der Waals surface area contributed by atoms with Gasteiger partial charge in [-0.1, -0.05) is 28.1 Å². The van der Waals surface area contributed by atoms with E-state index in [1.165, 1.54) is 6.07 Å². The summed E-state index contributed by atoms with van der Waals surface area (Å²) < 4.78 is 12.8. The summed E-state index contributed by atoms with van der Waals surface area (Å²) in [6.07, 6.45) is 0. The average molecular weight is 232 g/mol. The first-order valence-corrected chi connectivity index (χ1v) is 4.64. The summed E-state index contributed by atoms with van der Waals surface area (Å²) in [5, 5.41) is 3.02. The molecule has 0 saturated carbocycles. The van der Waals surface area contributed by atoms with Crippen LogP contribution in [0.3, 0.4) is 0 Å². The van der Waals surface area contributed by atoms with Crippen LogP contribution in [0.15, 0.2) is 18.2 Å². The van der Waals surface area contributed by atoms with Gasteiger partial charge in [-0.3, -0.25) is 0 Å². The maximum absolute atomic E-state index is 12.8. The maximum atomic E-state index is 12.8. The molecule has 0 aliphatic heterocycles. The molecule has 0 aromatic heterocycles. The lowest BCUT2D eigenvalue weighted by molar-refractivity contribution is 0.617. The van der Waals surface area contributed by atoms with Gasteiger partial charge in [-0.2, -0.15) is 0 Å². The van der Waals surface area contributed by atoms with Crippen LogP contribution < -0.4 is 5.32 Å². The zero-order valence-corrected chi connectivity index (χ0v) is 8.65. The van der Waals surface area contributed by atoms with Gasteiger partial charge in [-0.05, 0) is 31.2 Å². The third-order valence-electron chi connectivity index (χ3n) is 1.73. The van der Waals surface area contributed by atoms with Crippen LogP contribution in [0.1, 0.15) is 16.1 Å². The van der Waals surface area contributed by atoms with Crippen LogP contribution in [0.2, 0.25) is 0 Å². The second-order valence-corrected chi connectivity index (χ2v) is 3.58. The predicted molar refractivity (Wildman–Crippen MR) is 51.9 cm³/mol. The van der Waals surface area contributed by atoms with Crippen LogP contribution >= 0.6 is 15.9 Å². The van der Waals surface area contributed by atoms with E-state index in [2.05, 4.69) is 21.2 Å². The van der Waals surface area contributed by atoms with E-state index in [1.54, 1.807) is 13.0 Å². The standard InChI is InChI=1S/C9H11BrFN/c1-6-5-7(9(10)12-2)3-4-8(6)11/h3-5,9,12H,1-2H3. The van der Waals surface area contributed by atoms with Gasteiger partial charge in [0.2, 0.25) is 0 Å². The SMILES string of the molecule is CNC(Br)c1ccc(F)c(C)c1. The van der Waals surface area contributed by atoms with E-state index in [1.807, 2.05) is 13.1 Å². The van der Waals surface area contributed by atoms with Crippen molar-refractivity contribution in [1.82, 2.24) is 5.32 Å². The predicted octanol–water partition coefficient (Wildman–Crippen LogP) is 2.75. The Kier molecular flexibility index (Phi) is 3.23. The van der Waals surface area contributed by atoms with Gasteiger partial charge in [0.1, 0.15) is 5.82 Å². The third kappa shape index (κ3) is 2.05. The van der Waals surface area contributed by atoms with Gasteiger partial charge in [0.25, 0.3) is 0 Å². The second kappa shape index (κ2) is 4.01. The topological polar surface area (TPSA) is 12.0 Å². The first-order chi connectivity index (χ1) is 5.65. The Morgan fingerprint density at radius 2 is 2.17 bits per heavy atom. The fourth-order valence-corrected chi connectivity index (χ4v) is 1.28. The number of hydrogen-bond donors (Lipinski definition) is 1. The Balaban J connectivity index is 2.96. The van der Waals surface area contributed by atoms with Crippen LogP contribution in [0.5, 0.6) is 0 Å². The second-order valence-electron chi connectivity index (χ2n) is 2.66. The van der Waals surface area contributed by atoms with Gasteiger partial charge in [-0.15, -0.1) is 0 Å². The highest BCUT2D eigenvalue weighted by molar-refractivity contribution is 9.09. The highest BCUT2D eigenvalue weighted by Crippen LogP contribution is 2.20. The van der Waals surface area contributed by atoms with Gasteiger partial charge in [-0.25, -0.2) is 4.39 Å². The smallest absolute Gasteiger partial charge is 0.126 e. The zero-order chi connectivity index (χ0) is 9.14. The minimum atomic E-state index is -0.158. The molecule has 3 heteroatoms. The van der Waals surface area contributed by atoms with E-state index < -0.39 is 0 Å². The number of aryl methyl sites for hydroxylation is 1. The van der Waals surface area contributed by atoms with Gasteiger partial charge in [0, 0.05) is 0 Å². The average Bonchev–Trinajstić information content (AvgIpc) is 2.08. The molecule has 1 atom stereocenters. The van der Waals surface area contributed by atoms with Crippen molar-refractivity contribution in [3.05, 3.63) is 35.1 Å². The zero-order valence-electron chi connectivity index (χ0n) is 7.07. The molecule has 1 N–H and O–H groups in total. The molecule has 0 saturated heterocycles. The molecule has 12 heavy (non-hydrogen) atoms. The highest BCUT2D eigenvalue weighted by Gasteiger charge is 2.05. The van der Waals surface area contributed by atoms with Gasteiger partial charge in [0.05, 0.1) is 4.95 Å². The number of halogens is 2. The molecule has 0 amide bonds. The Labute approximate surface area is 80.1 Å². The summed E-state index contributed by atoms with van der Waals surface area (Å²) in [7, 11) is 1.85. The maximum Gasteiger partial charge on any atom is 0.126 e. The molecule has 1 unspecified atom stereocenters. The van der Waals surface area contributed by atoms with Crippen molar-refractivity contribution in [3.63, 3.8) is 0 Å². The Morgan fingerprint density at radius 3 is 2.67 bits per heavy atom. The monoisotopic (exact) mass is 231 g/mol. The van der Waals surface area contributed by atoms with E-state index in [0.717, 1.165) is 5.56 Å². The first kappa shape index (κ1) is 9.68. The summed E-state index contributed by atoms with van der Waals surface area (Å²) in [6, 6.07) is 5.07. The molecule has 0 fully saturated rings. The van der Waals surface area contributed by atoms with Crippen LogP contribution in [-0.4, -0.2) is 7.05 Å². The molecule has 0 heterocycles. The van der Waals surface area contributed by atoms with E-state index in [-0.39, 0.29) is 10.8 Å². The lowest BCUT2D eigenvalue weighted by Crippen LogP contribution is -2.09. The normalized spacial score (nSPS) is 13.0. The van der Waals surface area contributed by atoms with Gasteiger partial charge >= 0.3 is 0 Å². The quantitative estimate of drug-likeness (QED) is 0.610. The van der Waals surface area contributed by atoms with Gasteiger partial charge < -0.3 is 5.32 Å². The summed E-state index contributed by atoms with van der Waals surface area (Å²) in [4.78, 5) is 0.0943. The number of hydrogen-bond acceptors (Lipinski definition) is 1. The lowest BCUT2D eigenvalue weighted by Gasteiger charge is -2.09. The Hall–Kier alpha value is -0.410. The molecule has 1 nitrogen and oxygen atoms in total. The van der Waals surface area contributed by atoms with Crippen molar-refractivity contribution in [1.29, 1.82) is 0 Å². The molecule has 0 radical (unpaired) electrons.